The predicted octanol–water partition coefficient (Wildman–Crippen LogP) is 2.15. The quantitative estimate of drug-likeness (QED) is 0.700. The minimum absolute atomic E-state index is 0.00216. The molecule has 6 nitrogen and oxygen atoms in total. The Hall–Kier alpha value is -2.73. The maximum absolute atomic E-state index is 11.8. The predicted molar refractivity (Wildman–Crippen MR) is 92.9 cm³/mol. The van der Waals surface area contributed by atoms with Crippen LogP contribution in [0.2, 0.25) is 5.02 Å². The zero-order valence-corrected chi connectivity index (χ0v) is 13.9. The van der Waals surface area contributed by atoms with Crippen LogP contribution in [0, 0.1) is 0 Å². The van der Waals surface area contributed by atoms with Crippen LogP contribution in [-0.2, 0) is 16.0 Å². The summed E-state index contributed by atoms with van der Waals surface area (Å²) in [4.78, 5) is 23.6. The van der Waals surface area contributed by atoms with Crippen LogP contribution in [0.4, 0.5) is 5.69 Å². The van der Waals surface area contributed by atoms with E-state index in [-0.39, 0.29) is 24.8 Å². The van der Waals surface area contributed by atoms with Crippen molar-refractivity contribution in [3.63, 3.8) is 0 Å². The van der Waals surface area contributed by atoms with Gasteiger partial charge in [-0.3, -0.25) is 20.4 Å². The second-order valence-electron chi connectivity index (χ2n) is 4.96. The highest BCUT2D eigenvalue weighted by molar-refractivity contribution is 6.30. The third-order valence-electron chi connectivity index (χ3n) is 3.14. The largest absolute Gasteiger partial charge is 0.495 e. The topological polar surface area (TPSA) is 79.5 Å². The number of methoxy groups -OCH3 is 1. The van der Waals surface area contributed by atoms with E-state index < -0.39 is 0 Å². The highest BCUT2D eigenvalue weighted by Crippen LogP contribution is 2.22. The molecule has 2 aromatic carbocycles. The van der Waals surface area contributed by atoms with E-state index in [2.05, 4.69) is 16.2 Å². The summed E-state index contributed by atoms with van der Waals surface area (Å²) in [5, 5.41) is 3.50. The molecule has 126 valence electrons. The van der Waals surface area contributed by atoms with Gasteiger partial charge < -0.3 is 10.1 Å². The Morgan fingerprint density at radius 3 is 2.54 bits per heavy atom. The standard InChI is InChI=1S/C17H18ClN3O3/c1-24-15-8-3-2-7-14(15)19-11-17(23)21-20-16(22)10-12-5-4-6-13(18)9-12/h2-9,19H,10-11H2,1H3,(H,20,22)(H,21,23). The maximum atomic E-state index is 11.8. The first-order chi connectivity index (χ1) is 11.6. The third-order valence-corrected chi connectivity index (χ3v) is 3.38. The molecule has 0 saturated carbocycles. The SMILES string of the molecule is COc1ccccc1NCC(=O)NNC(=O)Cc1cccc(Cl)c1. The first-order valence-electron chi connectivity index (χ1n) is 7.27. The van der Waals surface area contributed by atoms with Crippen molar-refractivity contribution in [3.8, 4) is 5.75 Å². The highest BCUT2D eigenvalue weighted by Gasteiger charge is 2.07. The Morgan fingerprint density at radius 1 is 1.04 bits per heavy atom. The summed E-state index contributed by atoms with van der Waals surface area (Å²) >= 11 is 5.86. The van der Waals surface area contributed by atoms with Crippen molar-refractivity contribution in [2.45, 2.75) is 6.42 Å². The number of hydrogen-bond donors (Lipinski definition) is 3. The lowest BCUT2D eigenvalue weighted by Crippen LogP contribution is -2.44. The Morgan fingerprint density at radius 2 is 1.79 bits per heavy atom. The number of hydrazine groups is 1. The number of nitrogens with one attached hydrogen (secondary N) is 3. The lowest BCUT2D eigenvalue weighted by atomic mass is 10.1. The van der Waals surface area contributed by atoms with Crippen LogP contribution >= 0.6 is 11.6 Å². The molecular formula is C17H18ClN3O3. The fraction of sp³-hybridized carbons (Fsp3) is 0.176. The summed E-state index contributed by atoms with van der Waals surface area (Å²) in [6.07, 6.45) is 0.126. The summed E-state index contributed by atoms with van der Waals surface area (Å²) in [6, 6.07) is 14.2. The summed E-state index contributed by atoms with van der Waals surface area (Å²) in [5.74, 6) is -0.0708. The van der Waals surface area contributed by atoms with Crippen molar-refractivity contribution < 1.29 is 14.3 Å². The van der Waals surface area contributed by atoms with E-state index in [0.717, 1.165) is 5.56 Å². The first kappa shape index (κ1) is 17.6. The average Bonchev–Trinajstić information content (AvgIpc) is 2.58. The van der Waals surface area contributed by atoms with Crippen LogP contribution < -0.4 is 20.9 Å². The molecule has 0 spiro atoms. The van der Waals surface area contributed by atoms with E-state index in [1.165, 1.54) is 0 Å². The summed E-state index contributed by atoms with van der Waals surface area (Å²) in [6.45, 7) is -0.00216. The molecule has 0 unspecified atom stereocenters. The summed E-state index contributed by atoms with van der Waals surface area (Å²) in [5.41, 5.74) is 6.17. The molecule has 0 aliphatic carbocycles. The minimum atomic E-state index is -0.375. The van der Waals surface area contributed by atoms with Gasteiger partial charge in [-0.25, -0.2) is 0 Å². The molecule has 0 saturated heterocycles. The number of benzene rings is 2. The zero-order valence-electron chi connectivity index (χ0n) is 13.1. The van der Waals surface area contributed by atoms with Crippen LogP contribution in [-0.4, -0.2) is 25.5 Å². The van der Waals surface area contributed by atoms with Crippen LogP contribution in [0.15, 0.2) is 48.5 Å². The van der Waals surface area contributed by atoms with Crippen molar-refractivity contribution in [2.24, 2.45) is 0 Å². The lowest BCUT2D eigenvalue weighted by Gasteiger charge is -2.11. The van der Waals surface area contributed by atoms with Gasteiger partial charge in [-0.1, -0.05) is 35.9 Å². The first-order valence-corrected chi connectivity index (χ1v) is 7.65. The Balaban J connectivity index is 1.75. The van der Waals surface area contributed by atoms with E-state index in [1.54, 1.807) is 43.5 Å². The van der Waals surface area contributed by atoms with E-state index >= 15 is 0 Å². The highest BCUT2D eigenvalue weighted by atomic mass is 35.5. The Bertz CT molecular complexity index is 722. The average molecular weight is 348 g/mol. The number of halogens is 1. The number of carbonyl (C=O) groups is 2. The molecular weight excluding hydrogens is 330 g/mol. The van der Waals surface area contributed by atoms with Crippen LogP contribution in [0.25, 0.3) is 0 Å². The van der Waals surface area contributed by atoms with Crippen molar-refractivity contribution >= 4 is 29.1 Å². The zero-order chi connectivity index (χ0) is 17.4. The summed E-state index contributed by atoms with van der Waals surface area (Å²) in [7, 11) is 1.55. The molecule has 3 N–H and O–H groups in total. The number of ether oxygens (including phenoxy) is 1. The molecule has 24 heavy (non-hydrogen) atoms. The van der Waals surface area contributed by atoms with Crippen LogP contribution in [0.5, 0.6) is 5.75 Å². The molecule has 0 radical (unpaired) electrons. The number of anilines is 1. The van der Waals surface area contributed by atoms with Crippen molar-refractivity contribution in [1.29, 1.82) is 0 Å². The van der Waals surface area contributed by atoms with E-state index in [4.69, 9.17) is 16.3 Å². The van der Waals surface area contributed by atoms with Crippen molar-refractivity contribution in [1.82, 2.24) is 10.9 Å². The van der Waals surface area contributed by atoms with E-state index in [9.17, 15) is 9.59 Å². The van der Waals surface area contributed by atoms with E-state index in [0.29, 0.717) is 16.5 Å². The van der Waals surface area contributed by atoms with Gasteiger partial charge in [0.2, 0.25) is 5.91 Å². The second kappa shape index (κ2) is 8.79. The maximum Gasteiger partial charge on any atom is 0.257 e. The van der Waals surface area contributed by atoms with Gasteiger partial charge in [-0.2, -0.15) is 0 Å². The molecule has 0 aliphatic rings. The second-order valence-corrected chi connectivity index (χ2v) is 5.39. The lowest BCUT2D eigenvalue weighted by molar-refractivity contribution is -0.127. The summed E-state index contributed by atoms with van der Waals surface area (Å²) < 4.78 is 5.18. The molecule has 0 atom stereocenters. The van der Waals surface area contributed by atoms with Gasteiger partial charge in [0.1, 0.15) is 5.75 Å². The molecule has 0 bridgehead atoms. The van der Waals surface area contributed by atoms with Gasteiger partial charge in [0.15, 0.2) is 0 Å². The molecule has 2 aromatic rings. The molecule has 2 rings (SSSR count). The number of amides is 2. The van der Waals surface area contributed by atoms with Crippen LogP contribution in [0.1, 0.15) is 5.56 Å². The minimum Gasteiger partial charge on any atom is -0.495 e. The Labute approximate surface area is 145 Å². The fourth-order valence-electron chi connectivity index (χ4n) is 2.03. The monoisotopic (exact) mass is 347 g/mol. The molecule has 0 fully saturated rings. The number of hydrogen-bond acceptors (Lipinski definition) is 4. The number of rotatable bonds is 6. The van der Waals surface area contributed by atoms with Crippen molar-refractivity contribution in [3.05, 3.63) is 59.1 Å². The van der Waals surface area contributed by atoms with Crippen LogP contribution in [0.3, 0.4) is 0 Å². The van der Waals surface area contributed by atoms with Gasteiger partial charge in [-0.05, 0) is 29.8 Å². The number of carbonyl (C=O) groups excluding carboxylic acids is 2. The molecule has 7 heteroatoms. The molecule has 0 heterocycles. The number of para-hydroxylation sites is 2. The smallest absolute Gasteiger partial charge is 0.257 e. The van der Waals surface area contributed by atoms with Gasteiger partial charge in [0, 0.05) is 5.02 Å². The van der Waals surface area contributed by atoms with E-state index in [1.807, 2.05) is 12.1 Å². The third kappa shape index (κ3) is 5.48. The normalized spacial score (nSPS) is 9.92. The fourth-order valence-corrected chi connectivity index (χ4v) is 2.24. The Kier molecular flexibility index (Phi) is 6.45. The van der Waals surface area contributed by atoms with Gasteiger partial charge >= 0.3 is 0 Å². The molecule has 2 amide bonds. The van der Waals surface area contributed by atoms with Crippen molar-refractivity contribution in [2.75, 3.05) is 19.0 Å². The van der Waals surface area contributed by atoms with Gasteiger partial charge in [0.25, 0.3) is 5.91 Å². The van der Waals surface area contributed by atoms with Gasteiger partial charge in [0.05, 0.1) is 25.8 Å². The molecule has 0 aliphatic heterocycles. The molecule has 0 aromatic heterocycles. The van der Waals surface area contributed by atoms with Gasteiger partial charge in [-0.15, -0.1) is 0 Å².